The van der Waals surface area contributed by atoms with Gasteiger partial charge in [-0.1, -0.05) is 30.8 Å². The molecule has 128 valence electrons. The van der Waals surface area contributed by atoms with E-state index in [1.54, 1.807) is 6.07 Å². The fourth-order valence-corrected chi connectivity index (χ4v) is 3.82. The molecule has 2 heterocycles. The summed E-state index contributed by atoms with van der Waals surface area (Å²) in [4.78, 5) is 16.5. The van der Waals surface area contributed by atoms with E-state index in [-0.39, 0.29) is 17.3 Å². The summed E-state index contributed by atoms with van der Waals surface area (Å²) in [6, 6.07) is 13.3. The molecule has 0 saturated heterocycles. The van der Waals surface area contributed by atoms with Gasteiger partial charge < -0.3 is 14.8 Å². The van der Waals surface area contributed by atoms with Crippen LogP contribution in [-0.2, 0) is 6.42 Å². The van der Waals surface area contributed by atoms with E-state index in [2.05, 4.69) is 11.6 Å². The molecule has 0 bridgehead atoms. The van der Waals surface area contributed by atoms with Crippen molar-refractivity contribution in [3.05, 3.63) is 70.4 Å². The average molecular weight is 343 g/mol. The molecule has 0 aliphatic carbocycles. The number of aromatic nitrogens is 1. The number of rotatable bonds is 1. The molecule has 2 N–H and O–H groups in total. The standard InChI is InChI=1S/C22H17NO3/c1-11(2)18-9-15-19(26-18)10-17(24)20-21(15)23-16-8-13-6-4-3-5-12(13)7-14(16)22(20)25/h3-8,10,18,24H,1,9H2,2H3,(H,23,25). The van der Waals surface area contributed by atoms with Crippen LogP contribution in [0.15, 0.2) is 59.4 Å². The summed E-state index contributed by atoms with van der Waals surface area (Å²) < 4.78 is 5.90. The summed E-state index contributed by atoms with van der Waals surface area (Å²) in [6.07, 6.45) is 0.502. The first-order valence-electron chi connectivity index (χ1n) is 8.58. The molecule has 1 unspecified atom stereocenters. The van der Waals surface area contributed by atoms with Crippen molar-refractivity contribution < 1.29 is 9.84 Å². The zero-order chi connectivity index (χ0) is 18.0. The van der Waals surface area contributed by atoms with Gasteiger partial charge in [0.2, 0.25) is 5.43 Å². The van der Waals surface area contributed by atoms with Crippen molar-refractivity contribution in [3.63, 3.8) is 0 Å². The number of pyridine rings is 1. The molecule has 26 heavy (non-hydrogen) atoms. The van der Waals surface area contributed by atoms with Crippen LogP contribution in [0.1, 0.15) is 12.5 Å². The third kappa shape index (κ3) is 1.99. The molecule has 4 heteroatoms. The molecule has 1 aliphatic heterocycles. The number of aromatic hydroxyl groups is 1. The van der Waals surface area contributed by atoms with Crippen LogP contribution in [0.2, 0.25) is 0 Å². The van der Waals surface area contributed by atoms with Gasteiger partial charge in [0.05, 0.1) is 16.4 Å². The second-order valence-electron chi connectivity index (χ2n) is 6.98. The number of hydrogen-bond donors (Lipinski definition) is 2. The van der Waals surface area contributed by atoms with Gasteiger partial charge in [-0.2, -0.15) is 0 Å². The van der Waals surface area contributed by atoms with Gasteiger partial charge in [0.1, 0.15) is 17.6 Å². The summed E-state index contributed by atoms with van der Waals surface area (Å²) in [7, 11) is 0. The molecule has 4 aromatic rings. The average Bonchev–Trinajstić information content (AvgIpc) is 3.05. The second-order valence-corrected chi connectivity index (χ2v) is 6.98. The van der Waals surface area contributed by atoms with E-state index in [0.29, 0.717) is 28.5 Å². The summed E-state index contributed by atoms with van der Waals surface area (Å²) in [5, 5.41) is 13.4. The second kappa shape index (κ2) is 5.11. The number of phenolic OH excluding ortho intramolecular Hbond substituents is 1. The van der Waals surface area contributed by atoms with E-state index >= 15 is 0 Å². The van der Waals surface area contributed by atoms with E-state index < -0.39 is 0 Å². The van der Waals surface area contributed by atoms with E-state index in [9.17, 15) is 9.90 Å². The van der Waals surface area contributed by atoms with E-state index in [1.807, 2.05) is 43.3 Å². The fraction of sp³-hybridized carbons (Fsp3) is 0.136. The molecule has 0 spiro atoms. The van der Waals surface area contributed by atoms with Gasteiger partial charge in [-0.3, -0.25) is 4.79 Å². The molecule has 0 saturated carbocycles. The minimum Gasteiger partial charge on any atom is -0.507 e. The third-order valence-corrected chi connectivity index (χ3v) is 5.20. The Hall–Kier alpha value is -3.27. The van der Waals surface area contributed by atoms with E-state index in [4.69, 9.17) is 4.74 Å². The number of hydrogen-bond acceptors (Lipinski definition) is 3. The van der Waals surface area contributed by atoms with Crippen LogP contribution in [-0.4, -0.2) is 16.2 Å². The van der Waals surface area contributed by atoms with Crippen LogP contribution < -0.4 is 10.2 Å². The highest BCUT2D eigenvalue weighted by molar-refractivity contribution is 6.03. The molecule has 3 aromatic carbocycles. The zero-order valence-corrected chi connectivity index (χ0v) is 14.3. The number of ether oxygens (including phenoxy) is 1. The van der Waals surface area contributed by atoms with Gasteiger partial charge >= 0.3 is 0 Å². The lowest BCUT2D eigenvalue weighted by molar-refractivity contribution is 0.270. The number of aromatic amines is 1. The predicted octanol–water partition coefficient (Wildman–Crippen LogP) is 4.42. The maximum absolute atomic E-state index is 13.1. The van der Waals surface area contributed by atoms with Crippen molar-refractivity contribution in [2.24, 2.45) is 0 Å². The topological polar surface area (TPSA) is 62.3 Å². The lowest BCUT2D eigenvalue weighted by atomic mass is 9.99. The highest BCUT2D eigenvalue weighted by Gasteiger charge is 2.28. The highest BCUT2D eigenvalue weighted by atomic mass is 16.5. The van der Waals surface area contributed by atoms with Crippen molar-refractivity contribution in [3.8, 4) is 11.5 Å². The Morgan fingerprint density at radius 3 is 2.69 bits per heavy atom. The molecule has 1 aliphatic rings. The van der Waals surface area contributed by atoms with Gasteiger partial charge in [-0.15, -0.1) is 0 Å². The van der Waals surface area contributed by atoms with Crippen molar-refractivity contribution in [1.29, 1.82) is 0 Å². The van der Waals surface area contributed by atoms with Crippen molar-refractivity contribution >= 4 is 32.6 Å². The lowest BCUT2D eigenvalue weighted by Crippen LogP contribution is -2.13. The third-order valence-electron chi connectivity index (χ3n) is 5.20. The fourth-order valence-electron chi connectivity index (χ4n) is 3.82. The Balaban J connectivity index is 1.90. The highest BCUT2D eigenvalue weighted by Crippen LogP contribution is 2.40. The van der Waals surface area contributed by atoms with Crippen molar-refractivity contribution in [2.75, 3.05) is 0 Å². The Morgan fingerprint density at radius 1 is 1.23 bits per heavy atom. The van der Waals surface area contributed by atoms with Crippen molar-refractivity contribution in [2.45, 2.75) is 19.4 Å². The molecule has 0 fully saturated rings. The van der Waals surface area contributed by atoms with E-state index in [0.717, 1.165) is 27.4 Å². The summed E-state index contributed by atoms with van der Waals surface area (Å²) in [5.74, 6) is 0.552. The Kier molecular flexibility index (Phi) is 2.95. The van der Waals surface area contributed by atoms with Gasteiger partial charge in [0.25, 0.3) is 0 Å². The van der Waals surface area contributed by atoms with Crippen LogP contribution in [0, 0.1) is 0 Å². The van der Waals surface area contributed by atoms with E-state index in [1.165, 1.54) is 0 Å². The molecular formula is C22H17NO3. The molecular weight excluding hydrogens is 326 g/mol. The maximum atomic E-state index is 13.1. The van der Waals surface area contributed by atoms with Gasteiger partial charge in [0, 0.05) is 23.4 Å². The molecule has 5 rings (SSSR count). The van der Waals surface area contributed by atoms with Crippen LogP contribution in [0.3, 0.4) is 0 Å². The Labute approximate surface area is 149 Å². The summed E-state index contributed by atoms with van der Waals surface area (Å²) in [6.45, 7) is 5.88. The summed E-state index contributed by atoms with van der Waals surface area (Å²) in [5.41, 5.74) is 3.07. The Bertz CT molecular complexity index is 1300. The largest absolute Gasteiger partial charge is 0.507 e. The van der Waals surface area contributed by atoms with Gasteiger partial charge in [-0.25, -0.2) is 0 Å². The van der Waals surface area contributed by atoms with Crippen LogP contribution >= 0.6 is 0 Å². The first-order valence-corrected chi connectivity index (χ1v) is 8.58. The summed E-state index contributed by atoms with van der Waals surface area (Å²) >= 11 is 0. The van der Waals surface area contributed by atoms with Crippen LogP contribution in [0.25, 0.3) is 32.6 Å². The normalized spacial score (nSPS) is 16.1. The van der Waals surface area contributed by atoms with Crippen LogP contribution in [0.4, 0.5) is 0 Å². The Morgan fingerprint density at radius 2 is 1.96 bits per heavy atom. The minimum absolute atomic E-state index is 0.0579. The molecule has 0 amide bonds. The number of phenols is 1. The van der Waals surface area contributed by atoms with Gasteiger partial charge in [-0.05, 0) is 35.4 Å². The van der Waals surface area contributed by atoms with Crippen LogP contribution in [0.5, 0.6) is 11.5 Å². The molecule has 0 radical (unpaired) electrons. The van der Waals surface area contributed by atoms with Crippen molar-refractivity contribution in [1.82, 2.24) is 4.98 Å². The number of fused-ring (bicyclic) bond motifs is 5. The zero-order valence-electron chi connectivity index (χ0n) is 14.3. The first kappa shape index (κ1) is 15.0. The number of benzene rings is 3. The molecule has 4 nitrogen and oxygen atoms in total. The monoisotopic (exact) mass is 343 g/mol. The van der Waals surface area contributed by atoms with Gasteiger partial charge in [0.15, 0.2) is 0 Å². The number of H-pyrrole nitrogens is 1. The minimum atomic E-state index is -0.168. The maximum Gasteiger partial charge on any atom is 0.200 e. The SMILES string of the molecule is C=C(C)C1Cc2c(cc(O)c3c(=O)c4cc5ccccc5cc4[nH]c23)O1. The predicted molar refractivity (Wildman–Crippen MR) is 104 cm³/mol. The smallest absolute Gasteiger partial charge is 0.200 e. The first-order chi connectivity index (χ1) is 12.5. The molecule has 1 atom stereocenters. The molecule has 1 aromatic heterocycles. The quantitative estimate of drug-likeness (QED) is 0.397. The lowest BCUT2D eigenvalue weighted by Gasteiger charge is -2.10. The number of nitrogens with one attached hydrogen (secondary N) is 1.